The lowest BCUT2D eigenvalue weighted by Gasteiger charge is -2.13. The summed E-state index contributed by atoms with van der Waals surface area (Å²) < 4.78 is 46.2. The third-order valence-electron chi connectivity index (χ3n) is 4.54. The van der Waals surface area contributed by atoms with Crippen LogP contribution in [-0.2, 0) is 10.2 Å². The van der Waals surface area contributed by atoms with Crippen LogP contribution in [0.5, 0.6) is 0 Å². The molecule has 2 aromatic carbocycles. The zero-order valence-corrected chi connectivity index (χ0v) is 15.6. The van der Waals surface area contributed by atoms with Crippen molar-refractivity contribution in [3.8, 4) is 0 Å². The molecule has 4 rings (SSSR count). The van der Waals surface area contributed by atoms with E-state index in [1.165, 1.54) is 20.2 Å². The highest BCUT2D eigenvalue weighted by atomic mass is 32.2. The highest BCUT2D eigenvalue weighted by Gasteiger charge is 2.36. The van der Waals surface area contributed by atoms with Gasteiger partial charge in [-0.25, -0.2) is 4.39 Å². The van der Waals surface area contributed by atoms with E-state index in [1.54, 1.807) is 24.3 Å². The zero-order valence-electron chi connectivity index (χ0n) is 14.8. The molecule has 0 aliphatic carbocycles. The first kappa shape index (κ1) is 18.0. The Kier molecular flexibility index (Phi) is 3.89. The van der Waals surface area contributed by atoms with Crippen LogP contribution >= 0.6 is 0 Å². The van der Waals surface area contributed by atoms with E-state index < -0.39 is 27.4 Å². The number of nitrogens with zero attached hydrogens (tertiary/aromatic N) is 2. The van der Waals surface area contributed by atoms with E-state index in [4.69, 9.17) is 4.42 Å². The second-order valence-electron chi connectivity index (χ2n) is 6.19. The van der Waals surface area contributed by atoms with Gasteiger partial charge in [-0.3, -0.25) is 18.2 Å². The molecule has 28 heavy (non-hydrogen) atoms. The van der Waals surface area contributed by atoms with Gasteiger partial charge in [0.1, 0.15) is 11.4 Å². The van der Waals surface area contributed by atoms with Gasteiger partial charge >= 0.3 is 10.2 Å². The predicted molar refractivity (Wildman–Crippen MR) is 103 cm³/mol. The lowest BCUT2D eigenvalue weighted by Crippen LogP contribution is -2.32. The Morgan fingerprint density at radius 3 is 2.43 bits per heavy atom. The SMILES string of the molecule is CN1c2cc(F)c(NC(=O)c3cc(=O)c4ccccc4o3)cc2N(C)S1(=O)=O. The molecule has 0 unspecified atom stereocenters. The van der Waals surface area contributed by atoms with Crippen LogP contribution in [0.15, 0.2) is 51.7 Å². The molecule has 1 amide bonds. The van der Waals surface area contributed by atoms with Crippen molar-refractivity contribution < 1.29 is 22.0 Å². The van der Waals surface area contributed by atoms with E-state index in [0.29, 0.717) is 5.39 Å². The van der Waals surface area contributed by atoms with Crippen LogP contribution in [0.25, 0.3) is 11.0 Å². The molecule has 8 nitrogen and oxygen atoms in total. The van der Waals surface area contributed by atoms with Crippen LogP contribution in [0.4, 0.5) is 21.5 Å². The van der Waals surface area contributed by atoms with Crippen molar-refractivity contribution in [1.82, 2.24) is 0 Å². The average molecular weight is 403 g/mol. The number of fused-ring (bicyclic) bond motifs is 2. The maximum absolute atomic E-state index is 14.5. The summed E-state index contributed by atoms with van der Waals surface area (Å²) in [4.78, 5) is 24.6. The molecule has 2 heterocycles. The number of carbonyl (C=O) groups excluding carboxylic acids is 1. The summed E-state index contributed by atoms with van der Waals surface area (Å²) in [5.74, 6) is -1.95. The Morgan fingerprint density at radius 2 is 1.71 bits per heavy atom. The lowest BCUT2D eigenvalue weighted by molar-refractivity contribution is 0.0996. The molecule has 1 aliphatic rings. The number of benzene rings is 2. The van der Waals surface area contributed by atoms with Gasteiger partial charge in [0.25, 0.3) is 5.91 Å². The summed E-state index contributed by atoms with van der Waals surface area (Å²) in [6.07, 6.45) is 0. The second kappa shape index (κ2) is 6.06. The number of para-hydroxylation sites is 1. The Balaban J connectivity index is 1.72. The Morgan fingerprint density at radius 1 is 1.07 bits per heavy atom. The van der Waals surface area contributed by atoms with Gasteiger partial charge in [-0.15, -0.1) is 0 Å². The van der Waals surface area contributed by atoms with Crippen LogP contribution in [0.1, 0.15) is 10.6 Å². The van der Waals surface area contributed by atoms with Crippen molar-refractivity contribution in [1.29, 1.82) is 0 Å². The summed E-state index contributed by atoms with van der Waals surface area (Å²) in [6, 6.07) is 9.67. The minimum Gasteiger partial charge on any atom is -0.451 e. The number of nitrogens with one attached hydrogen (secondary N) is 1. The number of hydrogen-bond donors (Lipinski definition) is 1. The van der Waals surface area contributed by atoms with Crippen molar-refractivity contribution >= 4 is 44.1 Å². The molecule has 1 aromatic heterocycles. The standard InChI is InChI=1S/C18H14FN3O5S/c1-21-13-7-11(19)12(8-14(13)22(2)28(21,25)26)20-18(24)17-9-15(23)10-5-3-4-6-16(10)27-17/h3-9H,1-2H3,(H,20,24). The quantitative estimate of drug-likeness (QED) is 0.708. The predicted octanol–water partition coefficient (Wildman–Crippen LogP) is 2.32. The normalized spacial score (nSPS) is 15.0. The minimum absolute atomic E-state index is 0.148. The van der Waals surface area contributed by atoms with E-state index in [9.17, 15) is 22.4 Å². The van der Waals surface area contributed by atoms with Gasteiger partial charge in [-0.2, -0.15) is 8.42 Å². The molecule has 0 fully saturated rings. The summed E-state index contributed by atoms with van der Waals surface area (Å²) in [7, 11) is -1.15. The number of hydrogen-bond acceptors (Lipinski definition) is 5. The summed E-state index contributed by atoms with van der Waals surface area (Å²) in [5.41, 5.74) is -0.0674. The van der Waals surface area contributed by atoms with Crippen LogP contribution in [0.3, 0.4) is 0 Å². The Labute approximate surface area is 159 Å². The molecule has 3 aromatic rings. The smallest absolute Gasteiger partial charge is 0.326 e. The highest BCUT2D eigenvalue weighted by Crippen LogP contribution is 2.41. The van der Waals surface area contributed by atoms with Crippen LogP contribution in [0, 0.1) is 5.82 Å². The number of halogens is 1. The van der Waals surface area contributed by atoms with E-state index in [2.05, 4.69) is 5.32 Å². The van der Waals surface area contributed by atoms with Crippen molar-refractivity contribution in [2.75, 3.05) is 28.0 Å². The molecule has 0 bridgehead atoms. The zero-order chi connectivity index (χ0) is 20.2. The Hall–Kier alpha value is -3.40. The molecule has 144 valence electrons. The first-order chi connectivity index (χ1) is 13.2. The van der Waals surface area contributed by atoms with E-state index >= 15 is 0 Å². The molecule has 0 radical (unpaired) electrons. The van der Waals surface area contributed by atoms with Crippen molar-refractivity contribution in [2.45, 2.75) is 0 Å². The largest absolute Gasteiger partial charge is 0.451 e. The second-order valence-corrected chi connectivity index (χ2v) is 8.18. The average Bonchev–Trinajstić information content (AvgIpc) is 2.82. The lowest BCUT2D eigenvalue weighted by atomic mass is 10.2. The van der Waals surface area contributed by atoms with Crippen molar-refractivity contribution in [3.05, 3.63) is 64.3 Å². The van der Waals surface area contributed by atoms with Gasteiger partial charge in [0, 0.05) is 26.2 Å². The maximum atomic E-state index is 14.5. The minimum atomic E-state index is -3.78. The molecular weight excluding hydrogens is 389 g/mol. The van der Waals surface area contributed by atoms with Crippen LogP contribution < -0.4 is 19.4 Å². The van der Waals surface area contributed by atoms with Crippen molar-refractivity contribution in [3.63, 3.8) is 0 Å². The molecule has 0 spiro atoms. The van der Waals surface area contributed by atoms with E-state index in [1.807, 2.05) is 0 Å². The maximum Gasteiger partial charge on any atom is 0.326 e. The summed E-state index contributed by atoms with van der Waals surface area (Å²) in [6.45, 7) is 0. The first-order valence-corrected chi connectivity index (χ1v) is 9.50. The van der Waals surface area contributed by atoms with Gasteiger partial charge in [-0.05, 0) is 18.2 Å². The van der Waals surface area contributed by atoms with Crippen molar-refractivity contribution in [2.24, 2.45) is 0 Å². The fraction of sp³-hybridized carbons (Fsp3) is 0.111. The summed E-state index contributed by atoms with van der Waals surface area (Å²) >= 11 is 0. The van der Waals surface area contributed by atoms with Gasteiger partial charge in [0.15, 0.2) is 11.2 Å². The third kappa shape index (κ3) is 2.61. The first-order valence-electron chi connectivity index (χ1n) is 8.11. The van der Waals surface area contributed by atoms with Gasteiger partial charge < -0.3 is 9.73 Å². The van der Waals surface area contributed by atoms with Gasteiger partial charge in [0.2, 0.25) is 0 Å². The summed E-state index contributed by atoms with van der Waals surface area (Å²) in [5, 5.41) is 2.64. The number of anilines is 3. The number of amides is 1. The molecule has 0 saturated carbocycles. The number of carbonyl (C=O) groups is 1. The third-order valence-corrected chi connectivity index (χ3v) is 6.32. The fourth-order valence-corrected chi connectivity index (χ4v) is 4.14. The Bertz CT molecular complexity index is 1300. The highest BCUT2D eigenvalue weighted by molar-refractivity contribution is 7.94. The molecule has 1 aliphatic heterocycles. The fourth-order valence-electron chi connectivity index (χ4n) is 2.98. The van der Waals surface area contributed by atoms with E-state index in [0.717, 1.165) is 20.7 Å². The van der Waals surface area contributed by atoms with Crippen LogP contribution in [-0.4, -0.2) is 28.4 Å². The van der Waals surface area contributed by atoms with E-state index in [-0.39, 0.29) is 28.4 Å². The molecular formula is C18H14FN3O5S. The van der Waals surface area contributed by atoms with Crippen LogP contribution in [0.2, 0.25) is 0 Å². The monoisotopic (exact) mass is 403 g/mol. The molecule has 10 heteroatoms. The molecule has 1 N–H and O–H groups in total. The molecule has 0 saturated heterocycles. The number of rotatable bonds is 2. The molecule has 0 atom stereocenters. The van der Waals surface area contributed by atoms with Gasteiger partial charge in [-0.1, -0.05) is 12.1 Å². The van der Waals surface area contributed by atoms with Gasteiger partial charge in [0.05, 0.1) is 22.4 Å². The topological polar surface area (TPSA) is 99.9 Å².